The molecule has 4 aromatic rings. The molecule has 1 aromatic heterocycles. The number of aromatic nitrogens is 3. The molecule has 2 heterocycles. The molecular formula is C27H27N5OS. The van der Waals surface area contributed by atoms with E-state index < -0.39 is 0 Å². The quantitative estimate of drug-likeness (QED) is 0.360. The Morgan fingerprint density at radius 1 is 0.824 bits per heavy atom. The van der Waals surface area contributed by atoms with E-state index in [0.717, 1.165) is 30.3 Å². The molecule has 1 aliphatic rings. The highest BCUT2D eigenvalue weighted by molar-refractivity contribution is 7.99. The summed E-state index contributed by atoms with van der Waals surface area (Å²) >= 11 is 1.39. The Morgan fingerprint density at radius 2 is 1.50 bits per heavy atom. The van der Waals surface area contributed by atoms with Gasteiger partial charge in [0.1, 0.15) is 5.82 Å². The van der Waals surface area contributed by atoms with Gasteiger partial charge in [0.15, 0.2) is 5.16 Å². The molecule has 172 valence electrons. The van der Waals surface area contributed by atoms with Crippen LogP contribution in [-0.4, -0.2) is 39.5 Å². The molecule has 0 saturated carbocycles. The van der Waals surface area contributed by atoms with E-state index in [-0.39, 0.29) is 11.7 Å². The number of thioether (sulfide) groups is 1. The number of benzene rings is 3. The van der Waals surface area contributed by atoms with Crippen LogP contribution in [0.15, 0.2) is 90.1 Å². The molecule has 5 rings (SSSR count). The van der Waals surface area contributed by atoms with Gasteiger partial charge in [0, 0.05) is 36.6 Å². The van der Waals surface area contributed by atoms with Crippen LogP contribution in [0.4, 0.5) is 11.4 Å². The summed E-state index contributed by atoms with van der Waals surface area (Å²) < 4.78 is 2.04. The lowest BCUT2D eigenvalue weighted by molar-refractivity contribution is -0.113. The summed E-state index contributed by atoms with van der Waals surface area (Å²) in [6.45, 7) is 2.22. The first-order valence-electron chi connectivity index (χ1n) is 11.6. The standard InChI is InChI=1S/C27H27N5OS/c33-26(28-22-13-15-23(16-14-22)31-17-7-8-18-31)20-34-27-30-29-25(19-21-9-3-1-4-10-21)32(27)24-11-5-2-6-12-24/h1-6,9-16H,7-8,17-20H2,(H,28,33). The van der Waals surface area contributed by atoms with Gasteiger partial charge in [0.2, 0.25) is 5.91 Å². The number of nitrogens with one attached hydrogen (secondary N) is 1. The second kappa shape index (κ2) is 10.6. The van der Waals surface area contributed by atoms with Gasteiger partial charge < -0.3 is 10.2 Å². The summed E-state index contributed by atoms with van der Waals surface area (Å²) in [5.41, 5.74) is 4.17. The lowest BCUT2D eigenvalue weighted by atomic mass is 10.1. The maximum atomic E-state index is 12.7. The summed E-state index contributed by atoms with van der Waals surface area (Å²) in [6.07, 6.45) is 3.16. The van der Waals surface area contributed by atoms with Crippen molar-refractivity contribution in [2.75, 3.05) is 29.1 Å². The monoisotopic (exact) mass is 469 g/mol. The Balaban J connectivity index is 1.27. The molecule has 0 spiro atoms. The first kappa shape index (κ1) is 22.2. The van der Waals surface area contributed by atoms with Crippen LogP contribution in [0.2, 0.25) is 0 Å². The summed E-state index contributed by atoms with van der Waals surface area (Å²) in [7, 11) is 0. The molecule has 0 atom stereocenters. The van der Waals surface area contributed by atoms with Gasteiger partial charge >= 0.3 is 0 Å². The first-order valence-corrected chi connectivity index (χ1v) is 12.6. The third-order valence-electron chi connectivity index (χ3n) is 5.87. The fraction of sp³-hybridized carbons (Fsp3) is 0.222. The Bertz CT molecular complexity index is 1220. The van der Waals surface area contributed by atoms with Crippen molar-refractivity contribution >= 4 is 29.0 Å². The lowest BCUT2D eigenvalue weighted by Gasteiger charge is -2.17. The zero-order chi connectivity index (χ0) is 23.2. The van der Waals surface area contributed by atoms with Crippen LogP contribution < -0.4 is 10.2 Å². The van der Waals surface area contributed by atoms with Crippen molar-refractivity contribution in [3.05, 3.63) is 96.3 Å². The van der Waals surface area contributed by atoms with E-state index >= 15 is 0 Å². The van der Waals surface area contributed by atoms with Gasteiger partial charge in [0.05, 0.1) is 5.75 Å². The van der Waals surface area contributed by atoms with Crippen molar-refractivity contribution in [3.63, 3.8) is 0 Å². The van der Waals surface area contributed by atoms with Gasteiger partial charge in [0.25, 0.3) is 0 Å². The predicted octanol–water partition coefficient (Wildman–Crippen LogP) is 5.19. The Morgan fingerprint density at radius 3 is 2.21 bits per heavy atom. The number of carbonyl (C=O) groups excluding carboxylic acids is 1. The minimum absolute atomic E-state index is 0.0638. The molecule has 1 amide bonds. The Kier molecular flexibility index (Phi) is 6.91. The number of amides is 1. The average Bonchev–Trinajstić information content (AvgIpc) is 3.55. The number of para-hydroxylation sites is 1. The molecule has 0 unspecified atom stereocenters. The van der Waals surface area contributed by atoms with Crippen molar-refractivity contribution in [1.82, 2.24) is 14.8 Å². The van der Waals surface area contributed by atoms with Crippen molar-refractivity contribution in [3.8, 4) is 5.69 Å². The normalized spacial score (nSPS) is 13.2. The van der Waals surface area contributed by atoms with Crippen LogP contribution in [0.3, 0.4) is 0 Å². The molecular weight excluding hydrogens is 442 g/mol. The van der Waals surface area contributed by atoms with Crippen LogP contribution in [0.25, 0.3) is 5.69 Å². The molecule has 34 heavy (non-hydrogen) atoms. The molecule has 1 N–H and O–H groups in total. The highest BCUT2D eigenvalue weighted by atomic mass is 32.2. The summed E-state index contributed by atoms with van der Waals surface area (Å²) in [5, 5.41) is 12.6. The third-order valence-corrected chi connectivity index (χ3v) is 6.80. The van der Waals surface area contributed by atoms with E-state index in [9.17, 15) is 4.79 Å². The van der Waals surface area contributed by atoms with Gasteiger partial charge in [-0.05, 0) is 54.8 Å². The second-order valence-corrected chi connectivity index (χ2v) is 9.25. The van der Waals surface area contributed by atoms with Crippen molar-refractivity contribution in [2.45, 2.75) is 24.4 Å². The molecule has 3 aromatic carbocycles. The maximum Gasteiger partial charge on any atom is 0.234 e. The van der Waals surface area contributed by atoms with Crippen molar-refractivity contribution < 1.29 is 4.79 Å². The molecule has 1 fully saturated rings. The molecule has 7 heteroatoms. The van der Waals surface area contributed by atoms with E-state index in [1.807, 2.05) is 65.2 Å². The minimum atomic E-state index is -0.0638. The fourth-order valence-electron chi connectivity index (χ4n) is 4.18. The number of hydrogen-bond donors (Lipinski definition) is 1. The van der Waals surface area contributed by atoms with E-state index in [4.69, 9.17) is 0 Å². The maximum absolute atomic E-state index is 12.7. The predicted molar refractivity (Wildman–Crippen MR) is 138 cm³/mol. The number of hydrogen-bond acceptors (Lipinski definition) is 5. The van der Waals surface area contributed by atoms with Crippen LogP contribution in [-0.2, 0) is 11.2 Å². The Hall–Kier alpha value is -3.58. The summed E-state index contributed by atoms with van der Waals surface area (Å²) in [6, 6.07) is 28.4. The minimum Gasteiger partial charge on any atom is -0.372 e. The molecule has 1 saturated heterocycles. The van der Waals surface area contributed by atoms with Gasteiger partial charge in [-0.3, -0.25) is 9.36 Å². The third kappa shape index (κ3) is 5.31. The molecule has 0 bridgehead atoms. The zero-order valence-electron chi connectivity index (χ0n) is 18.9. The van der Waals surface area contributed by atoms with E-state index in [2.05, 4.69) is 44.7 Å². The molecule has 6 nitrogen and oxygen atoms in total. The summed E-state index contributed by atoms with van der Waals surface area (Å²) in [5.74, 6) is 1.04. The van der Waals surface area contributed by atoms with Gasteiger partial charge in [-0.2, -0.15) is 0 Å². The average molecular weight is 470 g/mol. The van der Waals surface area contributed by atoms with Gasteiger partial charge in [-0.25, -0.2) is 0 Å². The van der Waals surface area contributed by atoms with E-state index in [1.165, 1.54) is 35.9 Å². The van der Waals surface area contributed by atoms with Gasteiger partial charge in [-0.15, -0.1) is 10.2 Å². The van der Waals surface area contributed by atoms with Crippen LogP contribution in [0.1, 0.15) is 24.2 Å². The SMILES string of the molecule is O=C(CSc1nnc(Cc2ccccc2)n1-c1ccccc1)Nc1ccc(N2CCCC2)cc1. The van der Waals surface area contributed by atoms with E-state index in [0.29, 0.717) is 11.6 Å². The van der Waals surface area contributed by atoms with E-state index in [1.54, 1.807) is 0 Å². The Labute approximate surface area is 204 Å². The summed E-state index contributed by atoms with van der Waals surface area (Å²) in [4.78, 5) is 15.1. The van der Waals surface area contributed by atoms with Gasteiger partial charge in [-0.1, -0.05) is 60.3 Å². The second-order valence-electron chi connectivity index (χ2n) is 8.31. The fourth-order valence-corrected chi connectivity index (χ4v) is 4.95. The highest BCUT2D eigenvalue weighted by Gasteiger charge is 2.17. The number of nitrogens with zero attached hydrogens (tertiary/aromatic N) is 4. The van der Waals surface area contributed by atoms with Crippen molar-refractivity contribution in [1.29, 1.82) is 0 Å². The van der Waals surface area contributed by atoms with Crippen molar-refractivity contribution in [2.24, 2.45) is 0 Å². The van der Waals surface area contributed by atoms with Crippen LogP contribution >= 0.6 is 11.8 Å². The largest absolute Gasteiger partial charge is 0.372 e. The highest BCUT2D eigenvalue weighted by Crippen LogP contribution is 2.25. The molecule has 0 radical (unpaired) electrons. The van der Waals surface area contributed by atoms with Crippen LogP contribution in [0.5, 0.6) is 0 Å². The molecule has 0 aliphatic carbocycles. The van der Waals surface area contributed by atoms with Crippen LogP contribution in [0, 0.1) is 0 Å². The number of rotatable bonds is 8. The topological polar surface area (TPSA) is 63.1 Å². The smallest absolute Gasteiger partial charge is 0.234 e. The lowest BCUT2D eigenvalue weighted by Crippen LogP contribution is -2.18. The number of anilines is 2. The zero-order valence-corrected chi connectivity index (χ0v) is 19.7. The first-order chi connectivity index (χ1) is 16.8. The molecule has 1 aliphatic heterocycles. The number of carbonyl (C=O) groups is 1.